The zero-order valence-corrected chi connectivity index (χ0v) is 17.9. The van der Waals surface area contributed by atoms with E-state index in [0.717, 1.165) is 51.1 Å². The lowest BCUT2D eigenvalue weighted by Crippen LogP contribution is -2.36. The van der Waals surface area contributed by atoms with Crippen LogP contribution in [0.3, 0.4) is 0 Å². The SMILES string of the molecule is COC(=O)c1ccncc1NC[C@@H]1CCCc2cc(N(C)C3CCOCC3)ccc21. The second-order valence-corrected chi connectivity index (χ2v) is 8.22. The molecule has 2 aromatic rings. The topological polar surface area (TPSA) is 63.7 Å². The number of anilines is 2. The Morgan fingerprint density at radius 2 is 2.10 bits per heavy atom. The number of carbonyl (C=O) groups is 1. The van der Waals surface area contributed by atoms with Crippen LogP contribution in [-0.4, -0.2) is 50.9 Å². The number of aromatic nitrogens is 1. The Balaban J connectivity index is 1.47. The van der Waals surface area contributed by atoms with E-state index < -0.39 is 0 Å². The second-order valence-electron chi connectivity index (χ2n) is 8.22. The van der Waals surface area contributed by atoms with Crippen LogP contribution < -0.4 is 10.2 Å². The van der Waals surface area contributed by atoms with Crippen molar-refractivity contribution in [3.63, 3.8) is 0 Å². The summed E-state index contributed by atoms with van der Waals surface area (Å²) >= 11 is 0. The van der Waals surface area contributed by atoms with E-state index in [-0.39, 0.29) is 5.97 Å². The van der Waals surface area contributed by atoms with Gasteiger partial charge in [0.05, 0.1) is 24.6 Å². The number of methoxy groups -OCH3 is 1. The highest BCUT2D eigenvalue weighted by atomic mass is 16.5. The molecular formula is C24H31N3O3. The fraction of sp³-hybridized carbons (Fsp3) is 0.500. The van der Waals surface area contributed by atoms with Gasteiger partial charge >= 0.3 is 5.97 Å². The van der Waals surface area contributed by atoms with Crippen molar-refractivity contribution in [2.75, 3.05) is 44.1 Å². The number of nitrogens with one attached hydrogen (secondary N) is 1. The van der Waals surface area contributed by atoms with E-state index in [1.54, 1.807) is 18.5 Å². The Kier molecular flexibility index (Phi) is 6.53. The van der Waals surface area contributed by atoms with Gasteiger partial charge in [-0.2, -0.15) is 0 Å². The molecule has 2 heterocycles. The van der Waals surface area contributed by atoms with Crippen molar-refractivity contribution in [1.29, 1.82) is 0 Å². The molecule has 0 amide bonds. The van der Waals surface area contributed by atoms with Crippen LogP contribution in [0.15, 0.2) is 36.7 Å². The first-order chi connectivity index (χ1) is 14.7. The van der Waals surface area contributed by atoms with Crippen molar-refractivity contribution >= 4 is 17.3 Å². The average molecular weight is 410 g/mol. The molecule has 30 heavy (non-hydrogen) atoms. The molecule has 2 aliphatic rings. The smallest absolute Gasteiger partial charge is 0.340 e. The average Bonchev–Trinajstić information content (AvgIpc) is 2.82. The second kappa shape index (κ2) is 9.47. The van der Waals surface area contributed by atoms with Gasteiger partial charge in [-0.15, -0.1) is 0 Å². The highest BCUT2D eigenvalue weighted by molar-refractivity contribution is 5.95. The molecule has 0 radical (unpaired) electrons. The molecule has 1 fully saturated rings. The number of rotatable bonds is 6. The first-order valence-electron chi connectivity index (χ1n) is 10.9. The van der Waals surface area contributed by atoms with Gasteiger partial charge in [-0.25, -0.2) is 4.79 Å². The van der Waals surface area contributed by atoms with Crippen LogP contribution in [0, 0.1) is 0 Å². The number of hydrogen-bond acceptors (Lipinski definition) is 6. The van der Waals surface area contributed by atoms with E-state index in [1.165, 1.54) is 30.3 Å². The maximum absolute atomic E-state index is 12.0. The molecule has 6 heteroatoms. The number of fused-ring (bicyclic) bond motifs is 1. The zero-order chi connectivity index (χ0) is 20.9. The van der Waals surface area contributed by atoms with E-state index >= 15 is 0 Å². The highest BCUT2D eigenvalue weighted by Crippen LogP contribution is 2.35. The van der Waals surface area contributed by atoms with E-state index in [1.807, 2.05) is 0 Å². The summed E-state index contributed by atoms with van der Waals surface area (Å²) in [5.74, 6) is 0.0756. The van der Waals surface area contributed by atoms with Crippen LogP contribution in [0.2, 0.25) is 0 Å². The molecule has 1 saturated heterocycles. The van der Waals surface area contributed by atoms with Gasteiger partial charge in [0.2, 0.25) is 0 Å². The van der Waals surface area contributed by atoms with Gasteiger partial charge < -0.3 is 19.7 Å². The number of aryl methyl sites for hydroxylation is 1. The summed E-state index contributed by atoms with van der Waals surface area (Å²) in [7, 11) is 3.61. The standard InChI is InChI=1S/C24H31N3O3/c1-27(19-9-12-30-13-10-19)20-6-7-21-17(14-20)4-3-5-18(21)15-26-23-16-25-11-8-22(23)24(28)29-2/h6-8,11,14,16,18-19,26H,3-5,9-10,12-13,15H2,1-2H3/t18-/m0/s1. The summed E-state index contributed by atoms with van der Waals surface area (Å²) in [4.78, 5) is 18.6. The fourth-order valence-electron chi connectivity index (χ4n) is 4.67. The van der Waals surface area contributed by atoms with E-state index in [2.05, 4.69) is 40.4 Å². The third kappa shape index (κ3) is 4.43. The van der Waals surface area contributed by atoms with Crippen molar-refractivity contribution in [2.45, 2.75) is 44.1 Å². The number of esters is 1. The normalized spacial score (nSPS) is 19.1. The van der Waals surface area contributed by atoms with Crippen LogP contribution in [0.5, 0.6) is 0 Å². The Morgan fingerprint density at radius 3 is 2.90 bits per heavy atom. The summed E-state index contributed by atoms with van der Waals surface area (Å²) in [5, 5.41) is 3.44. The van der Waals surface area contributed by atoms with E-state index in [9.17, 15) is 4.79 Å². The zero-order valence-electron chi connectivity index (χ0n) is 17.9. The van der Waals surface area contributed by atoms with Crippen LogP contribution in [0.25, 0.3) is 0 Å². The third-order valence-corrected chi connectivity index (χ3v) is 6.48. The van der Waals surface area contributed by atoms with Gasteiger partial charge in [0.25, 0.3) is 0 Å². The van der Waals surface area contributed by atoms with Gasteiger partial charge in [-0.05, 0) is 61.4 Å². The summed E-state index contributed by atoms with van der Waals surface area (Å²) in [6, 6.07) is 9.19. The molecule has 6 nitrogen and oxygen atoms in total. The lowest BCUT2D eigenvalue weighted by molar-refractivity contribution is 0.0601. The minimum absolute atomic E-state index is 0.343. The minimum atomic E-state index is -0.343. The van der Waals surface area contributed by atoms with Crippen molar-refractivity contribution in [3.05, 3.63) is 53.3 Å². The molecule has 160 valence electrons. The lowest BCUT2D eigenvalue weighted by atomic mass is 9.82. The first kappa shape index (κ1) is 20.7. The predicted octanol–water partition coefficient (Wildman–Crippen LogP) is 4.02. The third-order valence-electron chi connectivity index (χ3n) is 6.48. The van der Waals surface area contributed by atoms with Crippen LogP contribution >= 0.6 is 0 Å². The molecule has 0 unspecified atom stereocenters. The summed E-state index contributed by atoms with van der Waals surface area (Å²) in [6.45, 7) is 2.49. The monoisotopic (exact) mass is 409 g/mol. The Morgan fingerprint density at radius 1 is 1.27 bits per heavy atom. The van der Waals surface area contributed by atoms with Gasteiger partial charge in [0, 0.05) is 50.7 Å². The Bertz CT molecular complexity index is 880. The Hall–Kier alpha value is -2.60. The van der Waals surface area contributed by atoms with E-state index in [0.29, 0.717) is 17.5 Å². The van der Waals surface area contributed by atoms with Gasteiger partial charge in [-0.3, -0.25) is 4.98 Å². The summed E-state index contributed by atoms with van der Waals surface area (Å²) < 4.78 is 10.4. The maximum atomic E-state index is 12.0. The van der Waals surface area contributed by atoms with Gasteiger partial charge in [0.1, 0.15) is 0 Å². The number of carbonyl (C=O) groups excluding carboxylic acids is 1. The number of pyridine rings is 1. The lowest BCUT2D eigenvalue weighted by Gasteiger charge is -2.34. The molecular weight excluding hydrogens is 378 g/mol. The molecule has 0 spiro atoms. The summed E-state index contributed by atoms with van der Waals surface area (Å²) in [6.07, 6.45) is 8.94. The van der Waals surface area contributed by atoms with Crippen LogP contribution in [-0.2, 0) is 15.9 Å². The van der Waals surface area contributed by atoms with Crippen molar-refractivity contribution in [1.82, 2.24) is 4.98 Å². The molecule has 4 rings (SSSR count). The molecule has 1 aliphatic carbocycles. The van der Waals surface area contributed by atoms with E-state index in [4.69, 9.17) is 9.47 Å². The minimum Gasteiger partial charge on any atom is -0.465 e. The fourth-order valence-corrected chi connectivity index (χ4v) is 4.67. The Labute approximate surface area is 178 Å². The molecule has 1 aliphatic heterocycles. The number of hydrogen-bond donors (Lipinski definition) is 1. The van der Waals surface area contributed by atoms with Crippen molar-refractivity contribution in [3.8, 4) is 0 Å². The van der Waals surface area contributed by atoms with Gasteiger partial charge in [0.15, 0.2) is 0 Å². The van der Waals surface area contributed by atoms with Crippen LogP contribution in [0.1, 0.15) is 53.1 Å². The molecule has 1 aromatic carbocycles. The van der Waals surface area contributed by atoms with Crippen molar-refractivity contribution < 1.29 is 14.3 Å². The van der Waals surface area contributed by atoms with Gasteiger partial charge in [-0.1, -0.05) is 6.07 Å². The number of ether oxygens (including phenoxy) is 2. The molecule has 1 aromatic heterocycles. The predicted molar refractivity (Wildman–Crippen MR) is 118 cm³/mol. The quantitative estimate of drug-likeness (QED) is 0.727. The van der Waals surface area contributed by atoms with Crippen molar-refractivity contribution in [2.24, 2.45) is 0 Å². The number of benzene rings is 1. The molecule has 1 N–H and O–H groups in total. The largest absolute Gasteiger partial charge is 0.465 e. The highest BCUT2D eigenvalue weighted by Gasteiger charge is 2.24. The number of nitrogens with zero attached hydrogens (tertiary/aromatic N) is 2. The van der Waals surface area contributed by atoms with Crippen LogP contribution in [0.4, 0.5) is 11.4 Å². The molecule has 0 saturated carbocycles. The first-order valence-corrected chi connectivity index (χ1v) is 10.9. The molecule has 1 atom stereocenters. The maximum Gasteiger partial charge on any atom is 0.340 e. The summed E-state index contributed by atoms with van der Waals surface area (Å²) in [5.41, 5.74) is 5.42. The molecule has 0 bridgehead atoms.